The van der Waals surface area contributed by atoms with Crippen LogP contribution in [0.5, 0.6) is 5.75 Å². The average molecular weight is 199 g/mol. The fourth-order valence-corrected chi connectivity index (χ4v) is 1.50. The summed E-state index contributed by atoms with van der Waals surface area (Å²) in [6.45, 7) is 0. The molecular formula is C8H9NO3S. The lowest BCUT2D eigenvalue weighted by Crippen LogP contribution is -2.20. The lowest BCUT2D eigenvalue weighted by Gasteiger charge is -2.01. The third kappa shape index (κ3) is 2.96. The Morgan fingerprint density at radius 1 is 1.46 bits per heavy atom. The van der Waals surface area contributed by atoms with E-state index in [4.69, 9.17) is 5.21 Å². The number of benzene rings is 1. The highest BCUT2D eigenvalue weighted by Crippen LogP contribution is 2.27. The predicted molar refractivity (Wildman–Crippen MR) is 48.8 cm³/mol. The van der Waals surface area contributed by atoms with Crippen LogP contribution in [0.2, 0.25) is 0 Å². The molecule has 0 aliphatic heterocycles. The van der Waals surface area contributed by atoms with Gasteiger partial charge >= 0.3 is 0 Å². The average Bonchev–Trinajstić information content (AvgIpc) is 2.16. The molecule has 1 aromatic carbocycles. The van der Waals surface area contributed by atoms with Gasteiger partial charge in [-0.3, -0.25) is 10.0 Å². The number of carbonyl (C=O) groups is 1. The third-order valence-corrected chi connectivity index (χ3v) is 2.41. The maximum Gasteiger partial charge on any atom is 0.253 e. The van der Waals surface area contributed by atoms with Gasteiger partial charge in [0.2, 0.25) is 0 Å². The number of hydrogen-bond donors (Lipinski definition) is 3. The Morgan fingerprint density at radius 3 is 2.77 bits per heavy atom. The van der Waals surface area contributed by atoms with Crippen molar-refractivity contribution in [2.45, 2.75) is 4.90 Å². The fraction of sp³-hybridized carbons (Fsp3) is 0.125. The van der Waals surface area contributed by atoms with E-state index in [1.165, 1.54) is 5.48 Å². The van der Waals surface area contributed by atoms with E-state index in [9.17, 15) is 9.90 Å². The second-order valence-electron chi connectivity index (χ2n) is 2.29. The number of rotatable bonds is 3. The number of phenolic OH excluding ortho intramolecular Hbond substituents is 1. The molecule has 0 aliphatic carbocycles. The molecule has 13 heavy (non-hydrogen) atoms. The van der Waals surface area contributed by atoms with Crippen LogP contribution in [0.4, 0.5) is 0 Å². The molecule has 0 saturated heterocycles. The number of nitrogens with one attached hydrogen (secondary N) is 1. The van der Waals surface area contributed by atoms with Crippen LogP contribution in [-0.4, -0.2) is 22.0 Å². The van der Waals surface area contributed by atoms with Gasteiger partial charge in [-0.2, -0.15) is 0 Å². The largest absolute Gasteiger partial charge is 0.507 e. The molecule has 1 rings (SSSR count). The fourth-order valence-electron chi connectivity index (χ4n) is 0.755. The zero-order chi connectivity index (χ0) is 9.68. The van der Waals surface area contributed by atoms with Gasteiger partial charge in [-0.05, 0) is 12.1 Å². The van der Waals surface area contributed by atoms with Crippen molar-refractivity contribution in [2.75, 3.05) is 5.75 Å². The number of aromatic hydroxyl groups is 1. The molecule has 0 fully saturated rings. The van der Waals surface area contributed by atoms with Crippen molar-refractivity contribution < 1.29 is 15.1 Å². The van der Waals surface area contributed by atoms with Crippen LogP contribution < -0.4 is 5.48 Å². The number of amides is 1. The summed E-state index contributed by atoms with van der Waals surface area (Å²) in [5.41, 5.74) is 1.51. The quantitative estimate of drug-likeness (QED) is 0.386. The Morgan fingerprint density at radius 2 is 2.15 bits per heavy atom. The molecule has 0 saturated carbocycles. The third-order valence-electron chi connectivity index (χ3n) is 1.35. The molecule has 0 bridgehead atoms. The van der Waals surface area contributed by atoms with Gasteiger partial charge in [0.15, 0.2) is 0 Å². The predicted octanol–water partition coefficient (Wildman–Crippen LogP) is 0.990. The summed E-state index contributed by atoms with van der Waals surface area (Å²) in [6.07, 6.45) is 0. The van der Waals surface area contributed by atoms with Crippen molar-refractivity contribution in [3.8, 4) is 5.75 Å². The first-order valence-corrected chi connectivity index (χ1v) is 4.56. The molecule has 0 atom stereocenters. The maximum atomic E-state index is 10.6. The van der Waals surface area contributed by atoms with Crippen molar-refractivity contribution in [3.05, 3.63) is 24.3 Å². The molecule has 0 aromatic heterocycles. The molecule has 1 amide bonds. The van der Waals surface area contributed by atoms with Crippen LogP contribution in [0, 0.1) is 0 Å². The topological polar surface area (TPSA) is 69.6 Å². The Kier molecular flexibility index (Phi) is 3.60. The molecule has 5 heteroatoms. The number of hydrogen-bond acceptors (Lipinski definition) is 4. The standard InChI is InChI=1S/C8H9NO3S/c10-6-3-1-2-4-7(6)13-5-8(11)9-12/h1-4,10,12H,5H2,(H,9,11). The van der Waals surface area contributed by atoms with E-state index < -0.39 is 5.91 Å². The van der Waals surface area contributed by atoms with Crippen LogP contribution >= 0.6 is 11.8 Å². The van der Waals surface area contributed by atoms with E-state index in [1.54, 1.807) is 24.3 Å². The zero-order valence-corrected chi connectivity index (χ0v) is 7.54. The van der Waals surface area contributed by atoms with Crippen LogP contribution in [0.3, 0.4) is 0 Å². The van der Waals surface area contributed by atoms with Crippen LogP contribution in [0.1, 0.15) is 0 Å². The summed E-state index contributed by atoms with van der Waals surface area (Å²) >= 11 is 1.16. The molecule has 0 spiro atoms. The Labute approximate surface area is 79.5 Å². The lowest BCUT2D eigenvalue weighted by atomic mass is 10.3. The van der Waals surface area contributed by atoms with Gasteiger partial charge < -0.3 is 5.11 Å². The van der Waals surface area contributed by atoms with Gasteiger partial charge in [0.05, 0.1) is 5.75 Å². The van der Waals surface area contributed by atoms with Gasteiger partial charge in [0, 0.05) is 4.90 Å². The van der Waals surface area contributed by atoms with E-state index in [1.807, 2.05) is 0 Å². The van der Waals surface area contributed by atoms with Crippen molar-refractivity contribution in [1.29, 1.82) is 0 Å². The number of hydroxylamine groups is 1. The second-order valence-corrected chi connectivity index (χ2v) is 3.31. The van der Waals surface area contributed by atoms with Crippen molar-refractivity contribution in [1.82, 2.24) is 5.48 Å². The van der Waals surface area contributed by atoms with Crippen LogP contribution in [0.15, 0.2) is 29.2 Å². The summed E-state index contributed by atoms with van der Waals surface area (Å²) < 4.78 is 0. The van der Waals surface area contributed by atoms with E-state index in [0.717, 1.165) is 11.8 Å². The SMILES string of the molecule is O=C(CSc1ccccc1O)NO. The Hall–Kier alpha value is -1.20. The highest BCUT2D eigenvalue weighted by molar-refractivity contribution is 8.00. The number of phenols is 1. The summed E-state index contributed by atoms with van der Waals surface area (Å²) in [4.78, 5) is 11.2. The van der Waals surface area contributed by atoms with Gasteiger partial charge in [-0.25, -0.2) is 5.48 Å². The minimum atomic E-state index is -0.492. The van der Waals surface area contributed by atoms with Crippen molar-refractivity contribution in [3.63, 3.8) is 0 Å². The molecule has 0 heterocycles. The molecule has 3 N–H and O–H groups in total. The minimum Gasteiger partial charge on any atom is -0.507 e. The second kappa shape index (κ2) is 4.74. The maximum absolute atomic E-state index is 10.6. The van der Waals surface area contributed by atoms with Gasteiger partial charge in [0.25, 0.3) is 5.91 Å². The Balaban J connectivity index is 2.54. The zero-order valence-electron chi connectivity index (χ0n) is 6.73. The van der Waals surface area contributed by atoms with E-state index in [-0.39, 0.29) is 11.5 Å². The summed E-state index contributed by atoms with van der Waals surface area (Å²) in [6, 6.07) is 6.70. The van der Waals surface area contributed by atoms with Crippen molar-refractivity contribution >= 4 is 17.7 Å². The first kappa shape index (κ1) is 9.88. The molecule has 70 valence electrons. The monoisotopic (exact) mass is 199 g/mol. The molecule has 1 aromatic rings. The van der Waals surface area contributed by atoms with Gasteiger partial charge in [-0.15, -0.1) is 11.8 Å². The molecular weight excluding hydrogens is 190 g/mol. The summed E-state index contributed by atoms with van der Waals surface area (Å²) in [7, 11) is 0. The van der Waals surface area contributed by atoms with Crippen LogP contribution in [-0.2, 0) is 4.79 Å². The van der Waals surface area contributed by atoms with Crippen LogP contribution in [0.25, 0.3) is 0 Å². The highest BCUT2D eigenvalue weighted by Gasteiger charge is 2.03. The molecule has 0 radical (unpaired) electrons. The first-order valence-electron chi connectivity index (χ1n) is 3.58. The molecule has 0 aliphatic rings. The van der Waals surface area contributed by atoms with Crippen molar-refractivity contribution in [2.24, 2.45) is 0 Å². The summed E-state index contributed by atoms with van der Waals surface area (Å²) in [5, 5.41) is 17.5. The normalized spacial score (nSPS) is 9.62. The first-order chi connectivity index (χ1) is 6.24. The Bertz CT molecular complexity index is 303. The van der Waals surface area contributed by atoms with Gasteiger partial charge in [0.1, 0.15) is 5.75 Å². The number of thioether (sulfide) groups is 1. The van der Waals surface area contributed by atoms with Gasteiger partial charge in [-0.1, -0.05) is 12.1 Å². The van der Waals surface area contributed by atoms with E-state index in [2.05, 4.69) is 0 Å². The van der Waals surface area contributed by atoms with E-state index in [0.29, 0.717) is 4.90 Å². The molecule has 4 nitrogen and oxygen atoms in total. The lowest BCUT2D eigenvalue weighted by molar-refractivity contribution is -0.126. The number of para-hydroxylation sites is 1. The van der Waals surface area contributed by atoms with E-state index >= 15 is 0 Å². The summed E-state index contributed by atoms with van der Waals surface area (Å²) in [5.74, 6) is -0.278. The molecule has 0 unspecified atom stereocenters. The minimum absolute atomic E-state index is 0.0775. The smallest absolute Gasteiger partial charge is 0.253 e. The highest BCUT2D eigenvalue weighted by atomic mass is 32.2. The number of carbonyl (C=O) groups excluding carboxylic acids is 1.